The van der Waals surface area contributed by atoms with Gasteiger partial charge >= 0.3 is 0 Å². The lowest BCUT2D eigenvalue weighted by Crippen LogP contribution is -2.13. The van der Waals surface area contributed by atoms with Gasteiger partial charge < -0.3 is 10.1 Å². The van der Waals surface area contributed by atoms with Gasteiger partial charge in [-0.25, -0.2) is 4.98 Å². The number of methoxy groups -OCH3 is 1. The van der Waals surface area contributed by atoms with Crippen LogP contribution in [0.4, 0.5) is 5.82 Å². The maximum absolute atomic E-state index is 11.9. The van der Waals surface area contributed by atoms with Crippen LogP contribution in [0.25, 0.3) is 0 Å². The van der Waals surface area contributed by atoms with Crippen LogP contribution in [0.2, 0.25) is 0 Å². The Morgan fingerprint density at radius 1 is 1.18 bits per heavy atom. The van der Waals surface area contributed by atoms with Crippen molar-refractivity contribution in [3.8, 4) is 5.75 Å². The van der Waals surface area contributed by atoms with E-state index in [0.29, 0.717) is 24.2 Å². The molecule has 0 atom stereocenters. The van der Waals surface area contributed by atoms with E-state index < -0.39 is 0 Å². The van der Waals surface area contributed by atoms with Crippen molar-refractivity contribution in [2.24, 2.45) is 0 Å². The molecule has 1 heterocycles. The number of aryl methyl sites for hydroxylation is 1. The number of carbonyl (C=O) groups is 2. The van der Waals surface area contributed by atoms with Crippen LogP contribution in [0.3, 0.4) is 0 Å². The lowest BCUT2D eigenvalue weighted by molar-refractivity contribution is -0.116. The molecule has 1 amide bonds. The van der Waals surface area contributed by atoms with Gasteiger partial charge in [0.2, 0.25) is 5.91 Å². The summed E-state index contributed by atoms with van der Waals surface area (Å²) < 4.78 is 5.26. The Morgan fingerprint density at radius 3 is 2.59 bits per heavy atom. The van der Waals surface area contributed by atoms with Crippen molar-refractivity contribution in [3.05, 3.63) is 53.7 Å². The van der Waals surface area contributed by atoms with Crippen molar-refractivity contribution in [1.29, 1.82) is 0 Å². The number of amides is 1. The maximum atomic E-state index is 11.9. The van der Waals surface area contributed by atoms with E-state index in [2.05, 4.69) is 10.3 Å². The number of Topliss-reactive ketones (excluding diaryl/α,β-unsaturated/α-hetero) is 1. The largest absolute Gasteiger partial charge is 0.496 e. The molecule has 1 aromatic heterocycles. The number of carbonyl (C=O) groups excluding carboxylic acids is 2. The van der Waals surface area contributed by atoms with Crippen LogP contribution < -0.4 is 10.1 Å². The first-order valence-electron chi connectivity index (χ1n) is 6.99. The zero-order chi connectivity index (χ0) is 15.9. The van der Waals surface area contributed by atoms with Crippen LogP contribution in [0.1, 0.15) is 29.3 Å². The van der Waals surface area contributed by atoms with Gasteiger partial charge in [-0.2, -0.15) is 0 Å². The second-order valence-corrected chi connectivity index (χ2v) is 4.85. The average molecular weight is 298 g/mol. The predicted molar refractivity (Wildman–Crippen MR) is 84.2 cm³/mol. The predicted octanol–water partition coefficient (Wildman–Crippen LogP) is 2.86. The smallest absolute Gasteiger partial charge is 0.225 e. The molecule has 0 aliphatic heterocycles. The van der Waals surface area contributed by atoms with E-state index in [4.69, 9.17) is 4.74 Å². The van der Waals surface area contributed by atoms with Gasteiger partial charge in [-0.05, 0) is 37.1 Å². The van der Waals surface area contributed by atoms with E-state index in [1.165, 1.54) is 13.1 Å². The van der Waals surface area contributed by atoms with Crippen molar-refractivity contribution in [2.45, 2.75) is 19.8 Å². The molecule has 0 unspecified atom stereocenters. The highest BCUT2D eigenvalue weighted by Crippen LogP contribution is 2.19. The number of hydrogen-bond acceptors (Lipinski definition) is 4. The van der Waals surface area contributed by atoms with Crippen molar-refractivity contribution >= 4 is 17.5 Å². The fourth-order valence-corrected chi connectivity index (χ4v) is 2.04. The molecular formula is C17H18N2O3. The van der Waals surface area contributed by atoms with Crippen molar-refractivity contribution in [1.82, 2.24) is 4.98 Å². The molecule has 1 aromatic carbocycles. The van der Waals surface area contributed by atoms with E-state index in [0.717, 1.165) is 11.3 Å². The van der Waals surface area contributed by atoms with E-state index in [1.807, 2.05) is 24.3 Å². The van der Waals surface area contributed by atoms with E-state index in [1.54, 1.807) is 19.2 Å². The standard InChI is InChI=1S/C17H18N2O3/c1-12(20)14-7-9-16(18-11-14)19-17(21)10-8-13-5-3-4-6-15(13)22-2/h3-7,9,11H,8,10H2,1-2H3,(H,18,19,21). The number of ketones is 1. The molecule has 0 fully saturated rings. The summed E-state index contributed by atoms with van der Waals surface area (Å²) in [5, 5.41) is 2.71. The number of nitrogens with one attached hydrogen (secondary N) is 1. The number of benzene rings is 1. The molecule has 0 aliphatic carbocycles. The van der Waals surface area contributed by atoms with E-state index in [9.17, 15) is 9.59 Å². The quantitative estimate of drug-likeness (QED) is 0.833. The van der Waals surface area contributed by atoms with Crippen LogP contribution >= 0.6 is 0 Å². The monoisotopic (exact) mass is 298 g/mol. The van der Waals surface area contributed by atoms with Gasteiger partial charge in [-0.1, -0.05) is 18.2 Å². The van der Waals surface area contributed by atoms with Gasteiger partial charge in [0, 0.05) is 18.2 Å². The molecular weight excluding hydrogens is 280 g/mol. The molecule has 0 saturated heterocycles. The summed E-state index contributed by atoms with van der Waals surface area (Å²) in [5.41, 5.74) is 1.51. The Kier molecular flexibility index (Phi) is 5.25. The number of hydrogen-bond donors (Lipinski definition) is 1. The maximum Gasteiger partial charge on any atom is 0.225 e. The third-order valence-corrected chi connectivity index (χ3v) is 3.25. The van der Waals surface area contributed by atoms with Gasteiger partial charge in [0.1, 0.15) is 11.6 Å². The SMILES string of the molecule is COc1ccccc1CCC(=O)Nc1ccc(C(C)=O)cn1. The van der Waals surface area contributed by atoms with Crippen LogP contribution in [0.15, 0.2) is 42.6 Å². The molecule has 5 heteroatoms. The molecule has 0 aliphatic rings. The zero-order valence-corrected chi connectivity index (χ0v) is 12.6. The first-order chi connectivity index (χ1) is 10.6. The Labute approximate surface area is 129 Å². The third-order valence-electron chi connectivity index (χ3n) is 3.25. The summed E-state index contributed by atoms with van der Waals surface area (Å²) in [4.78, 5) is 27.2. The Morgan fingerprint density at radius 2 is 1.95 bits per heavy atom. The van der Waals surface area contributed by atoms with Gasteiger partial charge in [-0.15, -0.1) is 0 Å². The Bertz CT molecular complexity index is 666. The van der Waals surface area contributed by atoms with Gasteiger partial charge in [0.15, 0.2) is 5.78 Å². The van der Waals surface area contributed by atoms with Crippen LogP contribution in [-0.2, 0) is 11.2 Å². The first-order valence-corrected chi connectivity index (χ1v) is 6.99. The normalized spacial score (nSPS) is 10.1. The number of para-hydroxylation sites is 1. The number of aromatic nitrogens is 1. The molecule has 1 N–H and O–H groups in total. The second-order valence-electron chi connectivity index (χ2n) is 4.85. The van der Waals surface area contributed by atoms with Crippen molar-refractivity contribution in [3.63, 3.8) is 0 Å². The number of nitrogens with zero attached hydrogens (tertiary/aromatic N) is 1. The van der Waals surface area contributed by atoms with E-state index >= 15 is 0 Å². The van der Waals surface area contributed by atoms with Crippen molar-refractivity contribution in [2.75, 3.05) is 12.4 Å². The molecule has 0 bridgehead atoms. The minimum absolute atomic E-state index is 0.0541. The molecule has 2 rings (SSSR count). The molecule has 0 radical (unpaired) electrons. The molecule has 0 spiro atoms. The van der Waals surface area contributed by atoms with Gasteiger partial charge in [0.05, 0.1) is 7.11 Å². The number of anilines is 1. The molecule has 2 aromatic rings. The highest BCUT2D eigenvalue weighted by atomic mass is 16.5. The summed E-state index contributed by atoms with van der Waals surface area (Å²) >= 11 is 0. The summed E-state index contributed by atoms with van der Waals surface area (Å²) in [5.74, 6) is 1.03. The number of ether oxygens (including phenoxy) is 1. The molecule has 22 heavy (non-hydrogen) atoms. The molecule has 5 nitrogen and oxygen atoms in total. The lowest BCUT2D eigenvalue weighted by atomic mass is 10.1. The number of rotatable bonds is 6. The topological polar surface area (TPSA) is 68.3 Å². The highest BCUT2D eigenvalue weighted by Gasteiger charge is 2.07. The minimum atomic E-state index is -0.131. The first kappa shape index (κ1) is 15.7. The highest BCUT2D eigenvalue weighted by molar-refractivity contribution is 5.94. The average Bonchev–Trinajstić information content (AvgIpc) is 2.53. The Balaban J connectivity index is 1.91. The van der Waals surface area contributed by atoms with Crippen LogP contribution in [-0.4, -0.2) is 23.8 Å². The van der Waals surface area contributed by atoms with Gasteiger partial charge in [-0.3, -0.25) is 9.59 Å². The van der Waals surface area contributed by atoms with Crippen LogP contribution in [0, 0.1) is 0 Å². The molecule has 114 valence electrons. The fourth-order valence-electron chi connectivity index (χ4n) is 2.04. The van der Waals surface area contributed by atoms with Crippen LogP contribution in [0.5, 0.6) is 5.75 Å². The summed E-state index contributed by atoms with van der Waals surface area (Å²) in [6.07, 6.45) is 2.37. The third kappa shape index (κ3) is 4.15. The Hall–Kier alpha value is -2.69. The summed E-state index contributed by atoms with van der Waals surface area (Å²) in [6, 6.07) is 10.9. The fraction of sp³-hybridized carbons (Fsp3) is 0.235. The minimum Gasteiger partial charge on any atom is -0.496 e. The summed E-state index contributed by atoms with van der Waals surface area (Å²) in [7, 11) is 1.61. The van der Waals surface area contributed by atoms with Crippen molar-refractivity contribution < 1.29 is 14.3 Å². The lowest BCUT2D eigenvalue weighted by Gasteiger charge is -2.08. The summed E-state index contributed by atoms with van der Waals surface area (Å²) in [6.45, 7) is 1.47. The molecule has 0 saturated carbocycles. The number of pyridine rings is 1. The van der Waals surface area contributed by atoms with E-state index in [-0.39, 0.29) is 11.7 Å². The zero-order valence-electron chi connectivity index (χ0n) is 12.6. The second kappa shape index (κ2) is 7.36. The van der Waals surface area contributed by atoms with Gasteiger partial charge in [0.25, 0.3) is 0 Å².